The summed E-state index contributed by atoms with van der Waals surface area (Å²) >= 11 is 5.78. The molecule has 0 bridgehead atoms. The van der Waals surface area contributed by atoms with Gasteiger partial charge in [0.05, 0.1) is 15.6 Å². The SMILES string of the molecule is CN1CCCC1CNS(=O)(=O)c1ccc(Cl)c(N)c1. The van der Waals surface area contributed by atoms with Gasteiger partial charge < -0.3 is 10.6 Å². The highest BCUT2D eigenvalue weighted by Gasteiger charge is 2.23. The standard InChI is InChI=1S/C12H18ClN3O2S/c1-16-6-2-3-9(16)8-15-19(17,18)10-4-5-11(13)12(14)7-10/h4-5,7,9,15H,2-3,6,8,14H2,1H3. The summed E-state index contributed by atoms with van der Waals surface area (Å²) in [7, 11) is -1.52. The third kappa shape index (κ3) is 3.39. The van der Waals surface area contributed by atoms with Crippen molar-refractivity contribution in [2.24, 2.45) is 0 Å². The zero-order chi connectivity index (χ0) is 14.0. The first kappa shape index (κ1) is 14.6. The number of nitrogens with one attached hydrogen (secondary N) is 1. The van der Waals surface area contributed by atoms with E-state index in [1.807, 2.05) is 7.05 Å². The third-order valence-electron chi connectivity index (χ3n) is 3.46. The topological polar surface area (TPSA) is 75.4 Å². The molecule has 19 heavy (non-hydrogen) atoms. The maximum Gasteiger partial charge on any atom is 0.240 e. The van der Waals surface area contributed by atoms with E-state index in [9.17, 15) is 8.42 Å². The molecule has 0 aromatic heterocycles. The minimum Gasteiger partial charge on any atom is -0.397 e. The van der Waals surface area contributed by atoms with Crippen LogP contribution in [0.2, 0.25) is 5.02 Å². The van der Waals surface area contributed by atoms with Crippen LogP contribution >= 0.6 is 11.6 Å². The summed E-state index contributed by atoms with van der Waals surface area (Å²) in [5, 5.41) is 0.356. The Morgan fingerprint density at radius 3 is 2.84 bits per heavy atom. The largest absolute Gasteiger partial charge is 0.397 e. The zero-order valence-corrected chi connectivity index (χ0v) is 12.3. The van der Waals surface area contributed by atoms with Crippen molar-refractivity contribution in [2.45, 2.75) is 23.8 Å². The van der Waals surface area contributed by atoms with E-state index in [1.165, 1.54) is 18.2 Å². The maximum atomic E-state index is 12.1. The molecule has 2 rings (SSSR count). The predicted molar refractivity (Wildman–Crippen MR) is 76.7 cm³/mol. The molecule has 1 unspecified atom stereocenters. The molecule has 0 aliphatic carbocycles. The molecule has 1 aromatic rings. The fourth-order valence-electron chi connectivity index (χ4n) is 2.22. The monoisotopic (exact) mass is 303 g/mol. The number of rotatable bonds is 4. The van der Waals surface area contributed by atoms with E-state index in [0.717, 1.165) is 19.4 Å². The van der Waals surface area contributed by atoms with E-state index in [0.29, 0.717) is 11.6 Å². The first-order chi connectivity index (χ1) is 8.90. The van der Waals surface area contributed by atoms with Gasteiger partial charge in [-0.25, -0.2) is 13.1 Å². The van der Waals surface area contributed by atoms with Gasteiger partial charge in [0.25, 0.3) is 0 Å². The number of anilines is 1. The van der Waals surface area contributed by atoms with Gasteiger partial charge in [-0.1, -0.05) is 11.6 Å². The van der Waals surface area contributed by atoms with Gasteiger partial charge >= 0.3 is 0 Å². The second-order valence-electron chi connectivity index (χ2n) is 4.81. The molecule has 1 atom stereocenters. The van der Waals surface area contributed by atoms with E-state index in [2.05, 4.69) is 9.62 Å². The molecule has 0 radical (unpaired) electrons. The number of nitrogen functional groups attached to an aromatic ring is 1. The van der Waals surface area contributed by atoms with Crippen LogP contribution < -0.4 is 10.5 Å². The number of hydrogen-bond acceptors (Lipinski definition) is 4. The Morgan fingerprint density at radius 1 is 1.53 bits per heavy atom. The van der Waals surface area contributed by atoms with Gasteiger partial charge in [-0.3, -0.25) is 0 Å². The van der Waals surface area contributed by atoms with Gasteiger partial charge in [0.15, 0.2) is 0 Å². The summed E-state index contributed by atoms with van der Waals surface area (Å²) in [6.45, 7) is 1.43. The van der Waals surface area contributed by atoms with Gasteiger partial charge in [-0.15, -0.1) is 0 Å². The highest BCUT2D eigenvalue weighted by molar-refractivity contribution is 7.89. The van der Waals surface area contributed by atoms with Crippen LogP contribution in [0.5, 0.6) is 0 Å². The molecular weight excluding hydrogens is 286 g/mol. The van der Waals surface area contributed by atoms with Crippen molar-refractivity contribution in [1.82, 2.24) is 9.62 Å². The highest BCUT2D eigenvalue weighted by Crippen LogP contribution is 2.22. The van der Waals surface area contributed by atoms with Gasteiger partial charge in [0, 0.05) is 12.6 Å². The summed E-state index contributed by atoms with van der Waals surface area (Å²) in [6.07, 6.45) is 2.12. The molecule has 1 fully saturated rings. The molecule has 1 aliphatic rings. The van der Waals surface area contributed by atoms with Crippen molar-refractivity contribution >= 4 is 27.3 Å². The van der Waals surface area contributed by atoms with Crippen LogP contribution in [0, 0.1) is 0 Å². The number of sulfonamides is 1. The number of nitrogens with two attached hydrogens (primary N) is 1. The van der Waals surface area contributed by atoms with E-state index >= 15 is 0 Å². The summed E-state index contributed by atoms with van der Waals surface area (Å²) in [5.74, 6) is 0. The Morgan fingerprint density at radius 2 is 2.26 bits per heavy atom. The lowest BCUT2D eigenvalue weighted by molar-refractivity contribution is 0.311. The number of hydrogen-bond donors (Lipinski definition) is 2. The van der Waals surface area contributed by atoms with E-state index in [1.54, 1.807) is 0 Å². The van der Waals surface area contributed by atoms with Crippen LogP contribution in [0.4, 0.5) is 5.69 Å². The number of nitrogens with zero attached hydrogens (tertiary/aromatic N) is 1. The second kappa shape index (κ2) is 5.66. The quantitative estimate of drug-likeness (QED) is 0.822. The Hall–Kier alpha value is -0.820. The summed E-state index contributed by atoms with van der Waals surface area (Å²) in [4.78, 5) is 2.31. The average Bonchev–Trinajstić information content (AvgIpc) is 2.76. The first-order valence-corrected chi connectivity index (χ1v) is 8.01. The van der Waals surface area contributed by atoms with Crippen LogP contribution in [-0.4, -0.2) is 39.5 Å². The number of likely N-dealkylation sites (tertiary alicyclic amines) is 1. The Labute approximate surface area is 118 Å². The van der Waals surface area contributed by atoms with Crippen LogP contribution in [0.1, 0.15) is 12.8 Å². The average molecular weight is 304 g/mol. The van der Waals surface area contributed by atoms with Crippen LogP contribution in [0.15, 0.2) is 23.1 Å². The van der Waals surface area contributed by atoms with Crippen molar-refractivity contribution in [3.63, 3.8) is 0 Å². The van der Waals surface area contributed by atoms with Gasteiger partial charge in [0.2, 0.25) is 10.0 Å². The van der Waals surface area contributed by atoms with E-state index < -0.39 is 10.0 Å². The van der Waals surface area contributed by atoms with Gasteiger partial charge in [-0.2, -0.15) is 0 Å². The highest BCUT2D eigenvalue weighted by atomic mass is 35.5. The van der Waals surface area contributed by atoms with Crippen molar-refractivity contribution in [2.75, 3.05) is 25.9 Å². The molecule has 0 spiro atoms. The van der Waals surface area contributed by atoms with Crippen LogP contribution in [-0.2, 0) is 10.0 Å². The minimum absolute atomic E-state index is 0.148. The number of halogens is 1. The molecule has 1 aromatic carbocycles. The lowest BCUT2D eigenvalue weighted by Crippen LogP contribution is -2.38. The number of likely N-dealkylation sites (N-methyl/N-ethyl adjacent to an activating group) is 1. The minimum atomic E-state index is -3.53. The predicted octanol–water partition coefficient (Wildman–Crippen LogP) is 1.29. The molecule has 1 heterocycles. The van der Waals surface area contributed by atoms with Gasteiger partial charge in [0.1, 0.15) is 0 Å². The Kier molecular flexibility index (Phi) is 4.35. The fourth-order valence-corrected chi connectivity index (χ4v) is 3.44. The molecule has 3 N–H and O–H groups in total. The molecule has 7 heteroatoms. The van der Waals surface area contributed by atoms with Crippen molar-refractivity contribution in [3.05, 3.63) is 23.2 Å². The third-order valence-corrected chi connectivity index (χ3v) is 5.22. The van der Waals surface area contributed by atoms with Crippen LogP contribution in [0.25, 0.3) is 0 Å². The molecule has 0 amide bonds. The van der Waals surface area contributed by atoms with Crippen molar-refractivity contribution in [1.29, 1.82) is 0 Å². The Balaban J connectivity index is 2.07. The lowest BCUT2D eigenvalue weighted by Gasteiger charge is -2.19. The van der Waals surface area contributed by atoms with E-state index in [-0.39, 0.29) is 16.6 Å². The maximum absolute atomic E-state index is 12.1. The number of benzene rings is 1. The van der Waals surface area contributed by atoms with Crippen molar-refractivity contribution < 1.29 is 8.42 Å². The Bertz CT molecular complexity index is 562. The second-order valence-corrected chi connectivity index (χ2v) is 6.99. The first-order valence-electron chi connectivity index (χ1n) is 6.15. The summed E-state index contributed by atoms with van der Waals surface area (Å²) < 4.78 is 26.9. The zero-order valence-electron chi connectivity index (χ0n) is 10.8. The smallest absolute Gasteiger partial charge is 0.240 e. The van der Waals surface area contributed by atoms with Crippen molar-refractivity contribution in [3.8, 4) is 0 Å². The normalized spacial score (nSPS) is 20.8. The van der Waals surface area contributed by atoms with Gasteiger partial charge in [-0.05, 0) is 44.6 Å². The fraction of sp³-hybridized carbons (Fsp3) is 0.500. The van der Waals surface area contributed by atoms with Crippen LogP contribution in [0.3, 0.4) is 0 Å². The molecule has 5 nitrogen and oxygen atoms in total. The molecule has 1 aliphatic heterocycles. The summed E-state index contributed by atoms with van der Waals surface area (Å²) in [6, 6.07) is 4.59. The van der Waals surface area contributed by atoms with E-state index in [4.69, 9.17) is 17.3 Å². The summed E-state index contributed by atoms with van der Waals surface area (Å²) in [5.41, 5.74) is 5.89. The molecule has 0 saturated carbocycles. The molecule has 106 valence electrons. The molecule has 1 saturated heterocycles. The molecular formula is C12H18ClN3O2S. The lowest BCUT2D eigenvalue weighted by atomic mass is 10.2.